The van der Waals surface area contributed by atoms with Crippen LogP contribution in [0.2, 0.25) is 0 Å². The van der Waals surface area contributed by atoms with Gasteiger partial charge in [-0.1, -0.05) is 100 Å². The van der Waals surface area contributed by atoms with Gasteiger partial charge in [0.1, 0.15) is 0 Å². The van der Waals surface area contributed by atoms with Crippen LogP contribution in [0.1, 0.15) is 82.3 Å². The minimum Gasteiger partial charge on any atom is -0.481 e. The fourth-order valence-corrected chi connectivity index (χ4v) is 4.01. The summed E-state index contributed by atoms with van der Waals surface area (Å²) in [5.74, 6) is -0.570. The standard InChI is InChI=1S/C29H36N2O2/c1-3-4-5-6-7-8-9-10-11-23-20-30-28(31-21-23)27-18-16-26(17-19-27)25-14-12-24(13-15-25)22(2)29(32)33/h12-22H,3-11H2,1-2H3,(H,32,33). The van der Waals surface area contributed by atoms with Crippen molar-refractivity contribution >= 4 is 5.97 Å². The third-order valence-corrected chi connectivity index (χ3v) is 6.28. The van der Waals surface area contributed by atoms with Crippen LogP contribution in [-0.4, -0.2) is 21.0 Å². The number of aliphatic carboxylic acids is 1. The van der Waals surface area contributed by atoms with Crippen LogP contribution in [-0.2, 0) is 11.2 Å². The molecule has 33 heavy (non-hydrogen) atoms. The molecule has 0 aliphatic heterocycles. The summed E-state index contributed by atoms with van der Waals surface area (Å²) in [6, 6.07) is 15.9. The van der Waals surface area contributed by atoms with Crippen LogP contribution < -0.4 is 0 Å². The molecule has 0 bridgehead atoms. The first-order chi connectivity index (χ1) is 16.1. The second kappa shape index (κ2) is 12.9. The molecule has 1 aromatic heterocycles. The maximum Gasteiger partial charge on any atom is 0.310 e. The van der Waals surface area contributed by atoms with Crippen molar-refractivity contribution in [3.63, 3.8) is 0 Å². The molecule has 0 saturated carbocycles. The van der Waals surface area contributed by atoms with Crippen molar-refractivity contribution in [2.24, 2.45) is 0 Å². The molecule has 4 heteroatoms. The second-order valence-corrected chi connectivity index (χ2v) is 8.90. The fraction of sp³-hybridized carbons (Fsp3) is 0.414. The number of carbonyl (C=O) groups is 1. The van der Waals surface area contributed by atoms with Gasteiger partial charge in [0, 0.05) is 18.0 Å². The summed E-state index contributed by atoms with van der Waals surface area (Å²) >= 11 is 0. The Hall–Kier alpha value is -3.01. The zero-order valence-electron chi connectivity index (χ0n) is 20.0. The van der Waals surface area contributed by atoms with Crippen molar-refractivity contribution < 1.29 is 9.90 Å². The molecule has 3 rings (SSSR count). The Bertz CT molecular complexity index is 980. The van der Waals surface area contributed by atoms with Crippen LogP contribution in [0.5, 0.6) is 0 Å². The van der Waals surface area contributed by atoms with Crippen LogP contribution in [0.25, 0.3) is 22.5 Å². The van der Waals surface area contributed by atoms with Crippen molar-refractivity contribution in [2.45, 2.75) is 77.6 Å². The number of hydrogen-bond acceptors (Lipinski definition) is 3. The Kier molecular flexibility index (Phi) is 9.61. The summed E-state index contributed by atoms with van der Waals surface area (Å²) in [6.45, 7) is 3.96. The van der Waals surface area contributed by atoms with E-state index in [1.165, 1.54) is 56.9 Å². The van der Waals surface area contributed by atoms with Crippen molar-refractivity contribution in [1.29, 1.82) is 0 Å². The molecule has 2 aromatic carbocycles. The monoisotopic (exact) mass is 444 g/mol. The van der Waals surface area contributed by atoms with Gasteiger partial charge < -0.3 is 5.11 Å². The lowest BCUT2D eigenvalue weighted by molar-refractivity contribution is -0.138. The summed E-state index contributed by atoms with van der Waals surface area (Å²) in [6.07, 6.45) is 15.6. The van der Waals surface area contributed by atoms with Gasteiger partial charge >= 0.3 is 5.97 Å². The average molecular weight is 445 g/mol. The number of carboxylic acid groups (broad SMARTS) is 1. The summed E-state index contributed by atoms with van der Waals surface area (Å²) in [7, 11) is 0. The predicted molar refractivity (Wildman–Crippen MR) is 135 cm³/mol. The molecule has 0 fully saturated rings. The largest absolute Gasteiger partial charge is 0.481 e. The third kappa shape index (κ3) is 7.52. The molecule has 0 aliphatic carbocycles. The maximum absolute atomic E-state index is 11.2. The summed E-state index contributed by atoms with van der Waals surface area (Å²) in [4.78, 5) is 20.3. The molecule has 1 atom stereocenters. The number of aromatic nitrogens is 2. The first kappa shape index (κ1) is 24.6. The fourth-order valence-electron chi connectivity index (χ4n) is 4.01. The molecule has 1 N–H and O–H groups in total. The minimum atomic E-state index is -0.809. The summed E-state index contributed by atoms with van der Waals surface area (Å²) < 4.78 is 0. The van der Waals surface area contributed by atoms with Crippen LogP contribution >= 0.6 is 0 Å². The smallest absolute Gasteiger partial charge is 0.310 e. The van der Waals surface area contributed by atoms with Crippen molar-refractivity contribution in [1.82, 2.24) is 9.97 Å². The molecular formula is C29H36N2O2. The Morgan fingerprint density at radius 1 is 0.758 bits per heavy atom. The van der Waals surface area contributed by atoms with Gasteiger partial charge in [-0.25, -0.2) is 9.97 Å². The highest BCUT2D eigenvalue weighted by Gasteiger charge is 2.13. The molecule has 4 nitrogen and oxygen atoms in total. The molecule has 3 aromatic rings. The molecule has 0 spiro atoms. The molecular weight excluding hydrogens is 408 g/mol. The zero-order chi connectivity index (χ0) is 23.5. The Morgan fingerprint density at radius 3 is 1.79 bits per heavy atom. The third-order valence-electron chi connectivity index (χ3n) is 6.28. The maximum atomic E-state index is 11.2. The van der Waals surface area contributed by atoms with E-state index in [1.807, 2.05) is 48.8 Å². The van der Waals surface area contributed by atoms with E-state index in [9.17, 15) is 4.79 Å². The minimum absolute atomic E-state index is 0.503. The highest BCUT2D eigenvalue weighted by molar-refractivity contribution is 5.76. The van der Waals surface area contributed by atoms with Crippen LogP contribution in [0.15, 0.2) is 60.9 Å². The number of hydrogen-bond donors (Lipinski definition) is 1. The van der Waals surface area contributed by atoms with E-state index in [0.29, 0.717) is 0 Å². The number of benzene rings is 2. The van der Waals surface area contributed by atoms with Crippen LogP contribution in [0.4, 0.5) is 0 Å². The topological polar surface area (TPSA) is 63.1 Å². The van der Waals surface area contributed by atoms with Gasteiger partial charge in [0.15, 0.2) is 5.82 Å². The van der Waals surface area contributed by atoms with Gasteiger partial charge in [-0.3, -0.25) is 4.79 Å². The Balaban J connectivity index is 1.50. The second-order valence-electron chi connectivity index (χ2n) is 8.90. The summed E-state index contributed by atoms with van der Waals surface area (Å²) in [5, 5.41) is 9.16. The van der Waals surface area contributed by atoms with Gasteiger partial charge in [-0.05, 0) is 42.0 Å². The molecule has 0 radical (unpaired) electrons. The van der Waals surface area contributed by atoms with Crippen molar-refractivity contribution in [3.05, 3.63) is 72.1 Å². The molecule has 1 unspecified atom stereocenters. The van der Waals surface area contributed by atoms with Crippen LogP contribution in [0, 0.1) is 0 Å². The lowest BCUT2D eigenvalue weighted by Crippen LogP contribution is -2.06. The van der Waals surface area contributed by atoms with Gasteiger partial charge in [0.2, 0.25) is 0 Å². The quantitative estimate of drug-likeness (QED) is 0.275. The van der Waals surface area contributed by atoms with Gasteiger partial charge in [0.25, 0.3) is 0 Å². The molecule has 174 valence electrons. The molecule has 0 saturated heterocycles. The zero-order valence-corrected chi connectivity index (χ0v) is 20.0. The lowest BCUT2D eigenvalue weighted by atomic mass is 9.97. The number of carboxylic acids is 1. The number of unbranched alkanes of at least 4 members (excludes halogenated alkanes) is 7. The van der Waals surface area contributed by atoms with E-state index in [4.69, 9.17) is 5.11 Å². The van der Waals surface area contributed by atoms with Gasteiger partial charge in [-0.2, -0.15) is 0 Å². The Labute approximate surface area is 198 Å². The highest BCUT2D eigenvalue weighted by Crippen LogP contribution is 2.25. The summed E-state index contributed by atoms with van der Waals surface area (Å²) in [5.41, 5.74) is 5.15. The van der Waals surface area contributed by atoms with E-state index in [0.717, 1.165) is 34.5 Å². The van der Waals surface area contributed by atoms with Crippen LogP contribution in [0.3, 0.4) is 0 Å². The Morgan fingerprint density at radius 2 is 1.24 bits per heavy atom. The lowest BCUT2D eigenvalue weighted by Gasteiger charge is -2.09. The van der Waals surface area contributed by atoms with Gasteiger partial charge in [0.05, 0.1) is 5.92 Å². The van der Waals surface area contributed by atoms with E-state index < -0.39 is 11.9 Å². The molecule has 0 aliphatic rings. The highest BCUT2D eigenvalue weighted by atomic mass is 16.4. The van der Waals surface area contributed by atoms with Crippen molar-refractivity contribution in [3.8, 4) is 22.5 Å². The van der Waals surface area contributed by atoms with Crippen molar-refractivity contribution in [2.75, 3.05) is 0 Å². The van der Waals surface area contributed by atoms with E-state index >= 15 is 0 Å². The molecule has 0 amide bonds. The SMILES string of the molecule is CCCCCCCCCCc1cnc(-c2ccc(-c3ccc(C(C)C(=O)O)cc3)cc2)nc1. The number of rotatable bonds is 13. The van der Waals surface area contributed by atoms with E-state index in [-0.39, 0.29) is 0 Å². The normalized spacial score (nSPS) is 11.9. The number of nitrogens with zero attached hydrogens (tertiary/aromatic N) is 2. The average Bonchev–Trinajstić information content (AvgIpc) is 2.86. The van der Waals surface area contributed by atoms with E-state index in [2.05, 4.69) is 29.0 Å². The van der Waals surface area contributed by atoms with Gasteiger partial charge in [-0.15, -0.1) is 0 Å². The molecule has 1 heterocycles. The van der Waals surface area contributed by atoms with E-state index in [1.54, 1.807) is 6.92 Å². The predicted octanol–water partition coefficient (Wildman–Crippen LogP) is 7.68. The first-order valence-electron chi connectivity index (χ1n) is 12.3. The first-order valence-corrected chi connectivity index (χ1v) is 12.3. The number of aryl methyl sites for hydroxylation is 1.